The molecule has 4 heteroatoms. The van der Waals surface area contributed by atoms with Gasteiger partial charge in [-0.2, -0.15) is 0 Å². The van der Waals surface area contributed by atoms with E-state index in [0.29, 0.717) is 0 Å². The van der Waals surface area contributed by atoms with E-state index in [-0.39, 0.29) is 0 Å². The molecule has 1 aliphatic heterocycles. The summed E-state index contributed by atoms with van der Waals surface area (Å²) in [4.78, 5) is 7.19. The van der Waals surface area contributed by atoms with Gasteiger partial charge in [0.1, 0.15) is 0 Å². The number of nitrogens with zero attached hydrogens (tertiary/aromatic N) is 2. The highest BCUT2D eigenvalue weighted by atomic mass is 15.2. The molecule has 1 heterocycles. The topological polar surface area (TPSA) is 53.6 Å². The van der Waals surface area contributed by atoms with Crippen LogP contribution in [0.15, 0.2) is 17.1 Å². The highest BCUT2D eigenvalue weighted by molar-refractivity contribution is 5.83. The number of hydrogen-bond acceptors (Lipinski definition) is 4. The molecular weight excluding hydrogens is 392 g/mol. The Morgan fingerprint density at radius 1 is 0.781 bits per heavy atom. The van der Waals surface area contributed by atoms with Crippen molar-refractivity contribution in [2.24, 2.45) is 10.7 Å². The molecule has 4 nitrogen and oxygen atoms in total. The molecule has 0 atom stereocenters. The lowest BCUT2D eigenvalue weighted by Crippen LogP contribution is -2.36. The summed E-state index contributed by atoms with van der Waals surface area (Å²) in [6.45, 7) is 8.11. The molecule has 0 fully saturated rings. The Labute approximate surface area is 200 Å². The van der Waals surface area contributed by atoms with Crippen molar-refractivity contribution >= 4 is 5.84 Å². The van der Waals surface area contributed by atoms with Gasteiger partial charge in [0.15, 0.2) is 0 Å². The van der Waals surface area contributed by atoms with Gasteiger partial charge in [-0.3, -0.25) is 4.99 Å². The zero-order valence-electron chi connectivity index (χ0n) is 21.6. The molecule has 0 aliphatic carbocycles. The first-order valence-corrected chi connectivity index (χ1v) is 14.2. The van der Waals surface area contributed by atoms with Crippen molar-refractivity contribution in [3.63, 3.8) is 0 Å². The van der Waals surface area contributed by atoms with Gasteiger partial charge >= 0.3 is 0 Å². The standard InChI is InChI=1S/C28H56N4/c1-2-3-4-5-6-7-8-9-10-11-12-13-14-15-16-17-18-19-20-21-28-31-25-27-32(28)26-24-30-23-22-29/h8-9,30H,2-7,10-27,29H2,1H3/b9-8+. The van der Waals surface area contributed by atoms with Crippen molar-refractivity contribution in [1.29, 1.82) is 0 Å². The summed E-state index contributed by atoms with van der Waals surface area (Å²) in [5, 5.41) is 3.39. The Balaban J connectivity index is 1.79. The van der Waals surface area contributed by atoms with Crippen LogP contribution in [-0.4, -0.2) is 50.0 Å². The first kappa shape index (κ1) is 29.2. The first-order chi connectivity index (χ1) is 15.9. The second-order valence-electron chi connectivity index (χ2n) is 9.57. The Kier molecular flexibility index (Phi) is 21.2. The van der Waals surface area contributed by atoms with Crippen molar-refractivity contribution < 1.29 is 0 Å². The minimum Gasteiger partial charge on any atom is -0.357 e. The maximum atomic E-state index is 5.53. The molecule has 0 spiro atoms. The third-order valence-electron chi connectivity index (χ3n) is 6.57. The van der Waals surface area contributed by atoms with Gasteiger partial charge < -0.3 is 16.0 Å². The Bertz CT molecular complexity index is 447. The SMILES string of the molecule is CCCCCCC/C=C/CCCCCCCCCCCCC1=NCCN1CCNCCN. The van der Waals surface area contributed by atoms with Gasteiger partial charge in [0.25, 0.3) is 0 Å². The molecule has 0 unspecified atom stereocenters. The average Bonchev–Trinajstić information content (AvgIpc) is 3.25. The van der Waals surface area contributed by atoms with E-state index in [1.807, 2.05) is 0 Å². The zero-order chi connectivity index (χ0) is 23.0. The minimum absolute atomic E-state index is 0.720. The number of rotatable bonds is 24. The smallest absolute Gasteiger partial charge is 0.0990 e. The Morgan fingerprint density at radius 2 is 1.34 bits per heavy atom. The largest absolute Gasteiger partial charge is 0.357 e. The molecule has 0 saturated heterocycles. The van der Waals surface area contributed by atoms with Crippen molar-refractivity contribution in [3.05, 3.63) is 12.2 Å². The summed E-state index contributed by atoms with van der Waals surface area (Å²) < 4.78 is 0. The van der Waals surface area contributed by atoms with Gasteiger partial charge in [-0.25, -0.2) is 0 Å². The van der Waals surface area contributed by atoms with E-state index in [2.05, 4.69) is 29.3 Å². The molecule has 32 heavy (non-hydrogen) atoms. The van der Waals surface area contributed by atoms with Crippen LogP contribution in [0.4, 0.5) is 0 Å². The second-order valence-corrected chi connectivity index (χ2v) is 9.57. The maximum Gasteiger partial charge on any atom is 0.0990 e. The first-order valence-electron chi connectivity index (χ1n) is 14.2. The maximum absolute atomic E-state index is 5.53. The van der Waals surface area contributed by atoms with Crippen LogP contribution in [0.3, 0.4) is 0 Å². The number of nitrogens with one attached hydrogen (secondary N) is 1. The molecule has 1 rings (SSSR count). The molecular formula is C28H56N4. The third kappa shape index (κ3) is 17.7. The van der Waals surface area contributed by atoms with Gasteiger partial charge in [-0.15, -0.1) is 0 Å². The summed E-state index contributed by atoms with van der Waals surface area (Å²) in [5.41, 5.74) is 5.53. The average molecular weight is 449 g/mol. The highest BCUT2D eigenvalue weighted by Crippen LogP contribution is 2.14. The molecule has 188 valence electrons. The lowest BCUT2D eigenvalue weighted by Gasteiger charge is -2.20. The van der Waals surface area contributed by atoms with Crippen molar-refractivity contribution in [2.75, 3.05) is 39.3 Å². The van der Waals surface area contributed by atoms with Crippen molar-refractivity contribution in [2.45, 2.75) is 122 Å². The van der Waals surface area contributed by atoms with Crippen LogP contribution in [0.2, 0.25) is 0 Å². The van der Waals surface area contributed by atoms with Crippen LogP contribution in [0.1, 0.15) is 122 Å². The van der Waals surface area contributed by atoms with E-state index < -0.39 is 0 Å². The van der Waals surface area contributed by atoms with Crippen LogP contribution < -0.4 is 11.1 Å². The fourth-order valence-electron chi connectivity index (χ4n) is 4.51. The molecule has 0 aromatic rings. The molecule has 0 radical (unpaired) electrons. The van der Waals surface area contributed by atoms with E-state index in [0.717, 1.165) is 39.3 Å². The fraction of sp³-hybridized carbons (Fsp3) is 0.893. The van der Waals surface area contributed by atoms with Crippen molar-refractivity contribution in [3.8, 4) is 0 Å². The predicted molar refractivity (Wildman–Crippen MR) is 144 cm³/mol. The van der Waals surface area contributed by atoms with Gasteiger partial charge in [0.2, 0.25) is 0 Å². The molecule has 0 aromatic carbocycles. The van der Waals surface area contributed by atoms with E-state index in [1.54, 1.807) is 0 Å². The van der Waals surface area contributed by atoms with E-state index in [4.69, 9.17) is 10.7 Å². The lowest BCUT2D eigenvalue weighted by atomic mass is 10.0. The van der Waals surface area contributed by atoms with Gasteiger partial charge in [-0.05, 0) is 32.1 Å². The minimum atomic E-state index is 0.720. The summed E-state index contributed by atoms with van der Waals surface area (Å²) in [5.74, 6) is 1.35. The highest BCUT2D eigenvalue weighted by Gasteiger charge is 2.15. The van der Waals surface area contributed by atoms with E-state index in [9.17, 15) is 0 Å². The number of hydrogen-bond donors (Lipinski definition) is 2. The fourth-order valence-corrected chi connectivity index (χ4v) is 4.51. The van der Waals surface area contributed by atoms with Gasteiger partial charge in [0, 0.05) is 39.1 Å². The molecule has 1 aliphatic rings. The van der Waals surface area contributed by atoms with Gasteiger partial charge in [0.05, 0.1) is 12.4 Å². The lowest BCUT2D eigenvalue weighted by molar-refractivity contribution is 0.435. The zero-order valence-corrected chi connectivity index (χ0v) is 21.6. The third-order valence-corrected chi connectivity index (χ3v) is 6.57. The summed E-state index contributed by atoms with van der Waals surface area (Å²) in [6.07, 6.45) is 29.6. The number of allylic oxidation sites excluding steroid dienone is 2. The van der Waals surface area contributed by atoms with Crippen LogP contribution in [0.5, 0.6) is 0 Å². The Hall–Kier alpha value is -0.870. The molecule has 0 aromatic heterocycles. The summed E-state index contributed by atoms with van der Waals surface area (Å²) >= 11 is 0. The Morgan fingerprint density at radius 3 is 1.94 bits per heavy atom. The molecule has 3 N–H and O–H groups in total. The van der Waals surface area contributed by atoms with E-state index >= 15 is 0 Å². The number of amidine groups is 1. The van der Waals surface area contributed by atoms with Crippen LogP contribution in [0, 0.1) is 0 Å². The van der Waals surface area contributed by atoms with E-state index in [1.165, 1.54) is 121 Å². The number of nitrogens with two attached hydrogens (primary N) is 1. The van der Waals surface area contributed by atoms with Crippen LogP contribution in [0.25, 0.3) is 0 Å². The van der Waals surface area contributed by atoms with Crippen LogP contribution in [-0.2, 0) is 0 Å². The molecule has 0 saturated carbocycles. The number of unbranched alkanes of at least 4 members (excludes halogenated alkanes) is 15. The summed E-state index contributed by atoms with van der Waals surface area (Å²) in [7, 11) is 0. The number of aliphatic imine (C=N–C) groups is 1. The predicted octanol–water partition coefficient (Wildman–Crippen LogP) is 6.85. The normalized spacial score (nSPS) is 14.1. The van der Waals surface area contributed by atoms with Gasteiger partial charge in [-0.1, -0.05) is 96.1 Å². The van der Waals surface area contributed by atoms with Crippen LogP contribution >= 0.6 is 0 Å². The van der Waals surface area contributed by atoms with Crippen molar-refractivity contribution in [1.82, 2.24) is 10.2 Å². The quantitative estimate of drug-likeness (QED) is 0.125. The molecule has 0 bridgehead atoms. The molecule has 0 amide bonds. The monoisotopic (exact) mass is 448 g/mol. The second kappa shape index (κ2) is 23.3. The summed E-state index contributed by atoms with van der Waals surface area (Å²) in [6, 6.07) is 0.